The van der Waals surface area contributed by atoms with Crippen LogP contribution in [-0.2, 0) is 15.9 Å². The molecule has 4 unspecified atom stereocenters. The number of imidazole rings is 1. The van der Waals surface area contributed by atoms with Crippen molar-refractivity contribution >= 4 is 17.0 Å². The van der Waals surface area contributed by atoms with Crippen molar-refractivity contribution in [3.63, 3.8) is 0 Å². The van der Waals surface area contributed by atoms with Crippen molar-refractivity contribution in [2.75, 3.05) is 25.6 Å². The first-order valence-corrected chi connectivity index (χ1v) is 9.55. The first-order chi connectivity index (χ1) is 14.6. The number of nitrogens with one attached hydrogen (secondary N) is 1. The largest absolute Gasteiger partial charge is 0.387 e. The van der Waals surface area contributed by atoms with Crippen LogP contribution in [-0.4, -0.2) is 68.3 Å². The summed E-state index contributed by atoms with van der Waals surface area (Å²) in [7, 11) is 1.49. The van der Waals surface area contributed by atoms with Crippen molar-refractivity contribution in [1.29, 1.82) is 5.26 Å². The van der Waals surface area contributed by atoms with E-state index in [2.05, 4.69) is 20.3 Å². The summed E-state index contributed by atoms with van der Waals surface area (Å²) in [6, 6.07) is 11.9. The molecule has 156 valence electrons. The van der Waals surface area contributed by atoms with Crippen molar-refractivity contribution in [3.8, 4) is 6.07 Å². The predicted molar refractivity (Wildman–Crippen MR) is 106 cm³/mol. The number of aliphatic hydroxyl groups excluding tert-OH is 2. The average Bonchev–Trinajstić information content (AvgIpc) is 3.31. The molecule has 1 fully saturated rings. The fraction of sp³-hybridized carbons (Fsp3) is 0.400. The number of nitrogens with zero attached hydrogens (tertiary/aromatic N) is 5. The van der Waals surface area contributed by atoms with E-state index in [0.29, 0.717) is 23.5 Å². The van der Waals surface area contributed by atoms with Gasteiger partial charge >= 0.3 is 0 Å². The Morgan fingerprint density at radius 3 is 2.77 bits per heavy atom. The van der Waals surface area contributed by atoms with Crippen LogP contribution in [0.1, 0.15) is 17.6 Å². The van der Waals surface area contributed by atoms with Gasteiger partial charge in [0, 0.05) is 13.7 Å². The van der Waals surface area contributed by atoms with Gasteiger partial charge in [-0.2, -0.15) is 15.2 Å². The Balaban J connectivity index is 1.61. The second-order valence-electron chi connectivity index (χ2n) is 7.00. The number of fused-ring (bicyclic) bond motifs is 1. The Hall–Kier alpha value is -3.10. The van der Waals surface area contributed by atoms with Gasteiger partial charge in [0.2, 0.25) is 5.82 Å². The van der Waals surface area contributed by atoms with E-state index in [-0.39, 0.29) is 12.4 Å². The quantitative estimate of drug-likeness (QED) is 0.511. The number of ether oxygens (including phenoxy) is 2. The summed E-state index contributed by atoms with van der Waals surface area (Å²) in [6.45, 7) is 0.719. The molecular formula is C20H22N6O4. The van der Waals surface area contributed by atoms with E-state index in [0.717, 1.165) is 6.42 Å². The van der Waals surface area contributed by atoms with Crippen LogP contribution in [0.15, 0.2) is 36.7 Å². The summed E-state index contributed by atoms with van der Waals surface area (Å²) < 4.78 is 12.3. The van der Waals surface area contributed by atoms with Crippen LogP contribution in [0.2, 0.25) is 0 Å². The molecule has 2 aromatic heterocycles. The van der Waals surface area contributed by atoms with Crippen LogP contribution in [0.5, 0.6) is 0 Å². The Bertz CT molecular complexity index is 1050. The molecule has 10 nitrogen and oxygen atoms in total. The zero-order valence-electron chi connectivity index (χ0n) is 16.3. The molecule has 10 heteroatoms. The number of benzene rings is 1. The Morgan fingerprint density at radius 1 is 1.23 bits per heavy atom. The minimum atomic E-state index is -1.20. The highest BCUT2D eigenvalue weighted by Crippen LogP contribution is 2.32. The number of methoxy groups -OCH3 is 1. The van der Waals surface area contributed by atoms with E-state index >= 15 is 0 Å². The lowest BCUT2D eigenvalue weighted by atomic mass is 10.1. The summed E-state index contributed by atoms with van der Waals surface area (Å²) >= 11 is 0. The zero-order valence-corrected chi connectivity index (χ0v) is 16.3. The second-order valence-corrected chi connectivity index (χ2v) is 7.00. The third-order valence-electron chi connectivity index (χ3n) is 5.01. The number of hydrogen-bond acceptors (Lipinski definition) is 9. The van der Waals surface area contributed by atoms with Gasteiger partial charge in [-0.05, 0) is 12.0 Å². The first kappa shape index (κ1) is 20.2. The molecular weight excluding hydrogens is 388 g/mol. The lowest BCUT2D eigenvalue weighted by molar-refractivity contribution is -0.0580. The highest BCUT2D eigenvalue weighted by atomic mass is 16.6. The summed E-state index contributed by atoms with van der Waals surface area (Å²) in [5.74, 6) is 0.389. The standard InChI is InChI=1S/C20H22N6O4/c1-29-10-13-16(27)17(28)20(30-13)26-11-23-15-18(24-14(9-21)25-19(15)26)22-8-7-12-5-3-2-4-6-12/h2-6,11,13,16-17,20,27-28H,7-8,10H2,1H3,(H,22,24,25). The van der Waals surface area contributed by atoms with E-state index in [1.165, 1.54) is 23.6 Å². The van der Waals surface area contributed by atoms with Crippen LogP contribution in [0, 0.1) is 11.3 Å². The van der Waals surface area contributed by atoms with Crippen LogP contribution < -0.4 is 5.32 Å². The van der Waals surface area contributed by atoms with Crippen LogP contribution >= 0.6 is 0 Å². The molecule has 0 radical (unpaired) electrons. The molecule has 1 aromatic carbocycles. The number of rotatable bonds is 7. The zero-order chi connectivity index (χ0) is 21.1. The first-order valence-electron chi connectivity index (χ1n) is 9.55. The third-order valence-corrected chi connectivity index (χ3v) is 5.01. The number of aromatic nitrogens is 4. The third kappa shape index (κ3) is 3.83. The molecule has 0 saturated carbocycles. The molecule has 0 bridgehead atoms. The molecule has 3 heterocycles. The second kappa shape index (κ2) is 8.73. The lowest BCUT2D eigenvalue weighted by Gasteiger charge is -2.16. The molecule has 1 aliphatic heterocycles. The molecule has 4 rings (SSSR count). The highest BCUT2D eigenvalue weighted by Gasteiger charge is 2.44. The van der Waals surface area contributed by atoms with Gasteiger partial charge in [0.1, 0.15) is 24.4 Å². The molecule has 3 N–H and O–H groups in total. The topological polar surface area (TPSA) is 138 Å². The summed E-state index contributed by atoms with van der Waals surface area (Å²) in [5.41, 5.74) is 1.95. The Morgan fingerprint density at radius 2 is 2.03 bits per heavy atom. The van der Waals surface area contributed by atoms with E-state index in [9.17, 15) is 15.5 Å². The van der Waals surface area contributed by atoms with Crippen LogP contribution in [0.3, 0.4) is 0 Å². The van der Waals surface area contributed by atoms with Crippen molar-refractivity contribution < 1.29 is 19.7 Å². The van der Waals surface area contributed by atoms with Gasteiger partial charge in [0.25, 0.3) is 0 Å². The van der Waals surface area contributed by atoms with Gasteiger partial charge in [-0.15, -0.1) is 0 Å². The minimum Gasteiger partial charge on any atom is -0.387 e. The number of nitriles is 1. The summed E-state index contributed by atoms with van der Waals surface area (Å²) in [6.07, 6.45) is -1.69. The van der Waals surface area contributed by atoms with E-state index in [1.807, 2.05) is 36.4 Å². The maximum atomic E-state index is 10.4. The normalized spacial score (nSPS) is 23.5. The molecule has 4 atom stereocenters. The summed E-state index contributed by atoms with van der Waals surface area (Å²) in [5, 5.41) is 33.2. The van der Waals surface area contributed by atoms with Crippen molar-refractivity contribution in [1.82, 2.24) is 19.5 Å². The SMILES string of the molecule is COCC1OC(n2cnc3c(NCCc4ccccc4)nc(C#N)nc32)C(O)C1O. The van der Waals surface area contributed by atoms with Gasteiger partial charge in [-0.3, -0.25) is 4.57 Å². The molecule has 30 heavy (non-hydrogen) atoms. The fourth-order valence-electron chi connectivity index (χ4n) is 3.51. The lowest BCUT2D eigenvalue weighted by Crippen LogP contribution is -2.33. The summed E-state index contributed by atoms with van der Waals surface area (Å²) in [4.78, 5) is 12.8. The Kier molecular flexibility index (Phi) is 5.87. The maximum Gasteiger partial charge on any atom is 0.236 e. The van der Waals surface area contributed by atoms with Gasteiger partial charge in [0.15, 0.2) is 23.2 Å². The predicted octanol–water partition coefficient (Wildman–Crippen LogP) is 0.618. The highest BCUT2D eigenvalue weighted by molar-refractivity contribution is 5.83. The van der Waals surface area contributed by atoms with Gasteiger partial charge < -0.3 is 25.0 Å². The Labute approximate surface area is 172 Å². The molecule has 3 aromatic rings. The minimum absolute atomic E-state index is 0.0343. The van der Waals surface area contributed by atoms with Crippen LogP contribution in [0.25, 0.3) is 11.2 Å². The van der Waals surface area contributed by atoms with E-state index in [1.54, 1.807) is 0 Å². The van der Waals surface area contributed by atoms with Gasteiger partial charge in [-0.1, -0.05) is 30.3 Å². The maximum absolute atomic E-state index is 10.4. The van der Waals surface area contributed by atoms with Gasteiger partial charge in [-0.25, -0.2) is 4.98 Å². The molecule has 0 spiro atoms. The molecule has 1 saturated heterocycles. The van der Waals surface area contributed by atoms with Crippen LogP contribution in [0.4, 0.5) is 5.82 Å². The van der Waals surface area contributed by atoms with Crippen molar-refractivity contribution in [3.05, 3.63) is 48.0 Å². The fourth-order valence-corrected chi connectivity index (χ4v) is 3.51. The van der Waals surface area contributed by atoms with E-state index in [4.69, 9.17) is 9.47 Å². The number of anilines is 1. The average molecular weight is 410 g/mol. The van der Waals surface area contributed by atoms with Crippen molar-refractivity contribution in [2.24, 2.45) is 0 Å². The number of hydrogen-bond donors (Lipinski definition) is 3. The monoisotopic (exact) mass is 410 g/mol. The smallest absolute Gasteiger partial charge is 0.236 e. The number of aliphatic hydroxyl groups is 2. The molecule has 1 aliphatic rings. The molecule has 0 aliphatic carbocycles. The van der Waals surface area contributed by atoms with Crippen molar-refractivity contribution in [2.45, 2.75) is 31.0 Å². The van der Waals surface area contributed by atoms with Gasteiger partial charge in [0.05, 0.1) is 12.9 Å². The van der Waals surface area contributed by atoms with E-state index < -0.39 is 24.5 Å². The molecule has 0 amide bonds.